The Kier molecular flexibility index (Phi) is 11.0. The number of hydrogen-bond acceptors (Lipinski definition) is 2. The van der Waals surface area contributed by atoms with Crippen LogP contribution >= 0.6 is 0 Å². The Morgan fingerprint density at radius 3 is 2.29 bits per heavy atom. The normalized spacial score (nSPS) is 16.8. The third-order valence-electron chi connectivity index (χ3n) is 3.67. The molecule has 0 aromatic carbocycles. The van der Waals surface area contributed by atoms with Gasteiger partial charge in [0.1, 0.15) is 0 Å². The van der Waals surface area contributed by atoms with E-state index in [0.717, 1.165) is 18.9 Å². The molecule has 3 atom stereocenters. The third kappa shape index (κ3) is 8.62. The maximum absolute atomic E-state index is 5.38. The summed E-state index contributed by atoms with van der Waals surface area (Å²) in [6.07, 6.45) is 8.18. The lowest BCUT2D eigenvalue weighted by Gasteiger charge is -2.25. The third-order valence-corrected chi connectivity index (χ3v) is 3.67. The number of unbranched alkanes of at least 4 members (excludes halogenated alkanes) is 1. The first-order valence-electron chi connectivity index (χ1n) is 7.43. The van der Waals surface area contributed by atoms with E-state index < -0.39 is 0 Å². The van der Waals surface area contributed by atoms with E-state index >= 15 is 0 Å². The Labute approximate surface area is 109 Å². The first-order valence-corrected chi connectivity index (χ1v) is 7.43. The van der Waals surface area contributed by atoms with E-state index in [1.165, 1.54) is 32.1 Å². The van der Waals surface area contributed by atoms with E-state index in [1.807, 2.05) is 7.11 Å². The van der Waals surface area contributed by atoms with Gasteiger partial charge in [0.05, 0.1) is 6.10 Å². The smallest absolute Gasteiger partial charge is 0.0558 e. The zero-order valence-corrected chi connectivity index (χ0v) is 12.6. The number of methoxy groups -OCH3 is 1. The number of rotatable bonds is 11. The van der Waals surface area contributed by atoms with E-state index in [2.05, 4.69) is 33.0 Å². The minimum atomic E-state index is 0.364. The summed E-state index contributed by atoms with van der Waals surface area (Å²) in [4.78, 5) is 0. The van der Waals surface area contributed by atoms with Crippen LogP contribution in [0.25, 0.3) is 0 Å². The van der Waals surface area contributed by atoms with E-state index in [1.54, 1.807) is 0 Å². The molecule has 0 heterocycles. The zero-order valence-electron chi connectivity index (χ0n) is 12.6. The van der Waals surface area contributed by atoms with Crippen LogP contribution in [0.5, 0.6) is 0 Å². The quantitative estimate of drug-likeness (QED) is 0.592. The molecule has 17 heavy (non-hydrogen) atoms. The molecule has 0 aromatic rings. The average molecular weight is 243 g/mol. The molecule has 0 amide bonds. The van der Waals surface area contributed by atoms with Gasteiger partial charge in [0.2, 0.25) is 0 Å². The molecule has 0 saturated carbocycles. The standard InChI is InChI=1S/C15H33NO/c1-6-9-10-14(7-2)12-15(16-8-3)11-13(4)17-5/h13-16H,6-12H2,1-5H3. The highest BCUT2D eigenvalue weighted by Gasteiger charge is 2.16. The molecule has 0 spiro atoms. The molecule has 0 radical (unpaired) electrons. The fourth-order valence-corrected chi connectivity index (χ4v) is 2.43. The van der Waals surface area contributed by atoms with Crippen LogP contribution in [0.4, 0.5) is 0 Å². The van der Waals surface area contributed by atoms with Crippen molar-refractivity contribution in [3.8, 4) is 0 Å². The predicted octanol–water partition coefficient (Wildman–Crippen LogP) is 4.00. The molecule has 0 aliphatic heterocycles. The van der Waals surface area contributed by atoms with Gasteiger partial charge >= 0.3 is 0 Å². The van der Waals surface area contributed by atoms with E-state index in [0.29, 0.717) is 12.1 Å². The largest absolute Gasteiger partial charge is 0.382 e. The number of nitrogens with one attached hydrogen (secondary N) is 1. The van der Waals surface area contributed by atoms with Crippen molar-refractivity contribution < 1.29 is 4.74 Å². The van der Waals surface area contributed by atoms with E-state index in [4.69, 9.17) is 4.74 Å². The van der Waals surface area contributed by atoms with Crippen molar-refractivity contribution >= 4 is 0 Å². The van der Waals surface area contributed by atoms with Crippen molar-refractivity contribution in [2.75, 3.05) is 13.7 Å². The van der Waals surface area contributed by atoms with Gasteiger partial charge in [-0.2, -0.15) is 0 Å². The van der Waals surface area contributed by atoms with Gasteiger partial charge in [0.15, 0.2) is 0 Å². The Bertz CT molecular complexity index is 161. The molecule has 0 aliphatic rings. The second kappa shape index (κ2) is 11.0. The van der Waals surface area contributed by atoms with Crippen LogP contribution in [0.1, 0.15) is 66.2 Å². The lowest BCUT2D eigenvalue weighted by Crippen LogP contribution is -2.34. The van der Waals surface area contributed by atoms with Gasteiger partial charge < -0.3 is 10.1 Å². The maximum Gasteiger partial charge on any atom is 0.0558 e. The minimum absolute atomic E-state index is 0.364. The monoisotopic (exact) mass is 243 g/mol. The minimum Gasteiger partial charge on any atom is -0.382 e. The van der Waals surface area contributed by atoms with Crippen LogP contribution in [0.15, 0.2) is 0 Å². The second-order valence-electron chi connectivity index (χ2n) is 5.19. The summed E-state index contributed by atoms with van der Waals surface area (Å²) >= 11 is 0. The molecule has 0 saturated heterocycles. The first kappa shape index (κ1) is 16.9. The van der Waals surface area contributed by atoms with Gasteiger partial charge in [-0.25, -0.2) is 0 Å². The average Bonchev–Trinajstić information content (AvgIpc) is 2.34. The molecule has 3 unspecified atom stereocenters. The summed E-state index contributed by atoms with van der Waals surface area (Å²) in [5.41, 5.74) is 0. The Morgan fingerprint density at radius 2 is 1.82 bits per heavy atom. The zero-order chi connectivity index (χ0) is 13.1. The fourth-order valence-electron chi connectivity index (χ4n) is 2.43. The van der Waals surface area contributed by atoms with Crippen LogP contribution in [-0.2, 0) is 4.74 Å². The summed E-state index contributed by atoms with van der Waals surface area (Å²) in [7, 11) is 1.81. The Balaban J connectivity index is 4.09. The number of hydrogen-bond donors (Lipinski definition) is 1. The molecule has 2 heteroatoms. The molecule has 2 nitrogen and oxygen atoms in total. The van der Waals surface area contributed by atoms with Crippen LogP contribution in [-0.4, -0.2) is 25.8 Å². The molecule has 0 aromatic heterocycles. The molecule has 104 valence electrons. The number of ether oxygens (including phenoxy) is 1. The van der Waals surface area contributed by atoms with Crippen LogP contribution in [0, 0.1) is 5.92 Å². The lowest BCUT2D eigenvalue weighted by atomic mass is 9.90. The topological polar surface area (TPSA) is 21.3 Å². The van der Waals surface area contributed by atoms with Crippen molar-refractivity contribution in [1.82, 2.24) is 5.32 Å². The summed E-state index contributed by atoms with van der Waals surface area (Å²) < 4.78 is 5.38. The van der Waals surface area contributed by atoms with Gasteiger partial charge in [-0.05, 0) is 32.2 Å². The maximum atomic E-state index is 5.38. The first-order chi connectivity index (χ1) is 8.17. The SMILES string of the molecule is CCCCC(CC)CC(CC(C)OC)NCC. The van der Waals surface area contributed by atoms with E-state index in [-0.39, 0.29) is 0 Å². The highest BCUT2D eigenvalue weighted by molar-refractivity contribution is 4.73. The fraction of sp³-hybridized carbons (Fsp3) is 1.00. The van der Waals surface area contributed by atoms with Gasteiger partial charge in [-0.15, -0.1) is 0 Å². The van der Waals surface area contributed by atoms with Gasteiger partial charge in [0.25, 0.3) is 0 Å². The molecular formula is C15H33NO. The van der Waals surface area contributed by atoms with E-state index in [9.17, 15) is 0 Å². The molecule has 0 bridgehead atoms. The summed E-state index contributed by atoms with van der Waals surface area (Å²) in [6.45, 7) is 10.0. The summed E-state index contributed by atoms with van der Waals surface area (Å²) in [6, 6.07) is 0.622. The lowest BCUT2D eigenvalue weighted by molar-refractivity contribution is 0.0966. The van der Waals surface area contributed by atoms with Crippen molar-refractivity contribution in [3.63, 3.8) is 0 Å². The molecular weight excluding hydrogens is 210 g/mol. The summed E-state index contributed by atoms with van der Waals surface area (Å²) in [5.74, 6) is 0.878. The Hall–Kier alpha value is -0.0800. The Morgan fingerprint density at radius 1 is 1.12 bits per heavy atom. The van der Waals surface area contributed by atoms with Crippen LogP contribution in [0.2, 0.25) is 0 Å². The van der Waals surface area contributed by atoms with Crippen molar-refractivity contribution in [3.05, 3.63) is 0 Å². The highest BCUT2D eigenvalue weighted by Crippen LogP contribution is 2.20. The van der Waals surface area contributed by atoms with Gasteiger partial charge in [0, 0.05) is 13.2 Å². The molecule has 0 aliphatic carbocycles. The summed E-state index contributed by atoms with van der Waals surface area (Å²) in [5, 5.41) is 3.61. The van der Waals surface area contributed by atoms with Crippen molar-refractivity contribution in [2.24, 2.45) is 5.92 Å². The van der Waals surface area contributed by atoms with Gasteiger partial charge in [-0.3, -0.25) is 0 Å². The van der Waals surface area contributed by atoms with Crippen molar-refractivity contribution in [1.29, 1.82) is 0 Å². The second-order valence-corrected chi connectivity index (χ2v) is 5.19. The van der Waals surface area contributed by atoms with Crippen LogP contribution in [0.3, 0.4) is 0 Å². The van der Waals surface area contributed by atoms with Crippen molar-refractivity contribution in [2.45, 2.75) is 78.4 Å². The molecule has 1 N–H and O–H groups in total. The van der Waals surface area contributed by atoms with Crippen LogP contribution < -0.4 is 5.32 Å². The van der Waals surface area contributed by atoms with Gasteiger partial charge in [-0.1, -0.05) is 46.5 Å². The highest BCUT2D eigenvalue weighted by atomic mass is 16.5. The molecule has 0 fully saturated rings. The molecule has 0 rings (SSSR count). The predicted molar refractivity (Wildman–Crippen MR) is 76.5 cm³/mol.